The minimum atomic E-state index is -1.06. The van der Waals surface area contributed by atoms with Crippen molar-refractivity contribution in [2.75, 3.05) is 0 Å². The van der Waals surface area contributed by atoms with Gasteiger partial charge >= 0.3 is 0 Å². The Labute approximate surface area is 96.2 Å². The molecule has 1 rings (SSSR count). The summed E-state index contributed by atoms with van der Waals surface area (Å²) >= 11 is 7.81. The summed E-state index contributed by atoms with van der Waals surface area (Å²) in [6.45, 7) is 0. The Balaban J connectivity index is 3.08. The van der Waals surface area contributed by atoms with Gasteiger partial charge < -0.3 is 5.11 Å². The number of halogens is 2. The monoisotopic (exact) mass is 306 g/mol. The van der Waals surface area contributed by atoms with Crippen molar-refractivity contribution in [3.05, 3.63) is 34.9 Å². The molecule has 0 amide bonds. The molecule has 0 aliphatic carbocycles. The highest BCUT2D eigenvalue weighted by Crippen LogP contribution is 2.36. The van der Waals surface area contributed by atoms with E-state index in [1.807, 2.05) is 34.7 Å². The van der Waals surface area contributed by atoms with Crippen LogP contribution in [-0.4, -0.2) is 5.11 Å². The minimum absolute atomic E-state index is 0.247. The van der Waals surface area contributed by atoms with Crippen LogP contribution in [0.3, 0.4) is 0 Å². The molecule has 0 fully saturated rings. The van der Waals surface area contributed by atoms with E-state index in [9.17, 15) is 5.11 Å². The molecule has 0 aliphatic heterocycles. The Kier molecular flexibility index (Phi) is 3.60. The van der Waals surface area contributed by atoms with E-state index in [4.69, 9.17) is 18.0 Å². The molecule has 0 bridgehead atoms. The summed E-state index contributed by atoms with van der Waals surface area (Å²) < 4.78 is -1.06. The zero-order valence-electron chi connectivity index (χ0n) is 6.80. The first kappa shape index (κ1) is 10.8. The SMILES string of the molecule is C#CCC(O)(I)c1ccccc1Cl. The molecule has 0 saturated carbocycles. The molecule has 0 aromatic heterocycles. The van der Waals surface area contributed by atoms with Gasteiger partial charge in [-0.15, -0.1) is 12.3 Å². The van der Waals surface area contributed by atoms with Gasteiger partial charge in [-0.2, -0.15) is 0 Å². The van der Waals surface area contributed by atoms with Crippen LogP contribution in [0.4, 0.5) is 0 Å². The molecular weight excluding hydrogens is 298 g/mol. The summed E-state index contributed by atoms with van der Waals surface area (Å²) in [6.07, 6.45) is 5.39. The third kappa shape index (κ3) is 2.60. The third-order valence-corrected chi connectivity index (χ3v) is 2.91. The maximum Gasteiger partial charge on any atom is 0.153 e. The van der Waals surface area contributed by atoms with Crippen molar-refractivity contribution in [1.82, 2.24) is 0 Å². The van der Waals surface area contributed by atoms with E-state index in [1.165, 1.54) is 0 Å². The van der Waals surface area contributed by atoms with E-state index in [0.717, 1.165) is 0 Å². The first-order valence-electron chi connectivity index (χ1n) is 3.67. The molecule has 0 heterocycles. The van der Waals surface area contributed by atoms with Gasteiger partial charge in [0.05, 0.1) is 6.42 Å². The first-order chi connectivity index (χ1) is 6.08. The average Bonchev–Trinajstić information content (AvgIpc) is 2.04. The molecule has 0 spiro atoms. The smallest absolute Gasteiger partial charge is 0.153 e. The summed E-state index contributed by atoms with van der Waals surface area (Å²) in [5, 5.41) is 10.5. The van der Waals surface area contributed by atoms with Crippen molar-refractivity contribution in [3.63, 3.8) is 0 Å². The molecule has 1 N–H and O–H groups in total. The lowest BCUT2D eigenvalue weighted by atomic mass is 10.1. The molecule has 1 unspecified atom stereocenters. The highest BCUT2D eigenvalue weighted by molar-refractivity contribution is 14.1. The number of alkyl halides is 1. The van der Waals surface area contributed by atoms with E-state index in [2.05, 4.69) is 5.92 Å². The molecular formula is C10H8ClIO. The van der Waals surface area contributed by atoms with Gasteiger partial charge in [0.2, 0.25) is 0 Å². The first-order valence-corrected chi connectivity index (χ1v) is 5.13. The van der Waals surface area contributed by atoms with E-state index < -0.39 is 3.61 Å². The van der Waals surface area contributed by atoms with Crippen molar-refractivity contribution in [1.29, 1.82) is 0 Å². The molecule has 0 aliphatic rings. The maximum atomic E-state index is 9.93. The predicted molar refractivity (Wildman–Crippen MR) is 62.8 cm³/mol. The van der Waals surface area contributed by atoms with Gasteiger partial charge in [0.1, 0.15) is 0 Å². The van der Waals surface area contributed by atoms with E-state index in [0.29, 0.717) is 10.6 Å². The maximum absolute atomic E-state index is 9.93. The second-order valence-electron chi connectivity index (χ2n) is 2.62. The van der Waals surface area contributed by atoms with Crippen LogP contribution in [0.1, 0.15) is 12.0 Å². The van der Waals surface area contributed by atoms with Crippen molar-refractivity contribution >= 4 is 34.2 Å². The molecule has 0 saturated heterocycles. The van der Waals surface area contributed by atoms with Crippen molar-refractivity contribution in [2.45, 2.75) is 10.0 Å². The molecule has 1 aromatic carbocycles. The molecule has 1 nitrogen and oxygen atoms in total. The summed E-state index contributed by atoms with van der Waals surface area (Å²) in [6, 6.07) is 7.14. The molecule has 1 aromatic rings. The van der Waals surface area contributed by atoms with Gasteiger partial charge in [-0.3, -0.25) is 0 Å². The van der Waals surface area contributed by atoms with Crippen LogP contribution in [0.15, 0.2) is 24.3 Å². The van der Waals surface area contributed by atoms with Gasteiger partial charge in [-0.25, -0.2) is 0 Å². The Morgan fingerprint density at radius 3 is 2.69 bits per heavy atom. The van der Waals surface area contributed by atoms with Crippen molar-refractivity contribution in [3.8, 4) is 12.3 Å². The molecule has 68 valence electrons. The number of benzene rings is 1. The van der Waals surface area contributed by atoms with Crippen LogP contribution in [0, 0.1) is 12.3 Å². The Morgan fingerprint density at radius 1 is 1.54 bits per heavy atom. The van der Waals surface area contributed by atoms with Gasteiger partial charge in [0.25, 0.3) is 0 Å². The van der Waals surface area contributed by atoms with Crippen molar-refractivity contribution < 1.29 is 5.11 Å². The van der Waals surface area contributed by atoms with Crippen LogP contribution in [0.5, 0.6) is 0 Å². The van der Waals surface area contributed by atoms with Gasteiger partial charge in [0, 0.05) is 10.6 Å². The van der Waals surface area contributed by atoms with Crippen LogP contribution in [0.2, 0.25) is 5.02 Å². The lowest BCUT2D eigenvalue weighted by Crippen LogP contribution is -2.16. The van der Waals surface area contributed by atoms with Crippen LogP contribution >= 0.6 is 34.2 Å². The lowest BCUT2D eigenvalue weighted by molar-refractivity contribution is 0.163. The average molecular weight is 307 g/mol. The zero-order valence-corrected chi connectivity index (χ0v) is 9.71. The quantitative estimate of drug-likeness (QED) is 0.506. The molecule has 0 radical (unpaired) electrons. The zero-order chi connectivity index (χ0) is 9.90. The number of hydrogen-bond acceptors (Lipinski definition) is 1. The van der Waals surface area contributed by atoms with Gasteiger partial charge in [-0.05, 0) is 28.7 Å². The Hall–Kier alpha value is -0.240. The Morgan fingerprint density at radius 2 is 2.15 bits per heavy atom. The summed E-state index contributed by atoms with van der Waals surface area (Å²) in [7, 11) is 0. The largest absolute Gasteiger partial charge is 0.374 e. The topological polar surface area (TPSA) is 20.2 Å². The Bertz CT molecular complexity index is 341. The van der Waals surface area contributed by atoms with E-state index >= 15 is 0 Å². The summed E-state index contributed by atoms with van der Waals surface area (Å²) in [5.41, 5.74) is 0.662. The fourth-order valence-corrected chi connectivity index (χ4v) is 2.14. The molecule has 13 heavy (non-hydrogen) atoms. The second kappa shape index (κ2) is 4.32. The van der Waals surface area contributed by atoms with Crippen LogP contribution in [0.25, 0.3) is 0 Å². The fraction of sp³-hybridized carbons (Fsp3) is 0.200. The third-order valence-electron chi connectivity index (χ3n) is 1.62. The van der Waals surface area contributed by atoms with E-state index in [-0.39, 0.29) is 6.42 Å². The predicted octanol–water partition coefficient (Wildman–Crippen LogP) is 2.94. The highest BCUT2D eigenvalue weighted by atomic mass is 127. The number of rotatable bonds is 2. The van der Waals surface area contributed by atoms with Gasteiger partial charge in [-0.1, -0.05) is 29.8 Å². The highest BCUT2D eigenvalue weighted by Gasteiger charge is 2.26. The number of terminal acetylenes is 1. The lowest BCUT2D eigenvalue weighted by Gasteiger charge is -2.19. The molecule has 1 atom stereocenters. The standard InChI is InChI=1S/C10H8ClIO/c1-2-7-10(12,13)8-5-3-4-6-9(8)11/h1,3-6,13H,7H2. The summed E-state index contributed by atoms with van der Waals surface area (Å²) in [4.78, 5) is 0. The normalized spacial score (nSPS) is 14.6. The van der Waals surface area contributed by atoms with E-state index in [1.54, 1.807) is 12.1 Å². The van der Waals surface area contributed by atoms with Crippen LogP contribution < -0.4 is 0 Å². The summed E-state index contributed by atoms with van der Waals surface area (Å²) in [5.74, 6) is 2.42. The van der Waals surface area contributed by atoms with Gasteiger partial charge in [0.15, 0.2) is 3.61 Å². The van der Waals surface area contributed by atoms with Crippen molar-refractivity contribution in [2.24, 2.45) is 0 Å². The number of hydrogen-bond donors (Lipinski definition) is 1. The minimum Gasteiger partial charge on any atom is -0.374 e. The van der Waals surface area contributed by atoms with Crippen LogP contribution in [-0.2, 0) is 3.61 Å². The number of aliphatic hydroxyl groups is 1. The molecule has 3 heteroatoms. The fourth-order valence-electron chi connectivity index (χ4n) is 1.00. The second-order valence-corrected chi connectivity index (χ2v) is 4.81.